The maximum Gasteiger partial charge on any atom is 2.00 e. The third-order valence-electron chi connectivity index (χ3n) is 7.06. The van der Waals surface area contributed by atoms with E-state index in [1.54, 1.807) is 0 Å². The molecule has 0 aliphatic carbocycles. The fourth-order valence-corrected chi connectivity index (χ4v) is 4.46. The molecule has 0 aromatic rings. The molecule has 0 saturated carbocycles. The van der Waals surface area contributed by atoms with Gasteiger partial charge in [-0.15, -0.1) is 0 Å². The Labute approximate surface area is 339 Å². The summed E-state index contributed by atoms with van der Waals surface area (Å²) in [6.07, 6.45) is 41.7. The third-order valence-corrected chi connectivity index (χ3v) is 7.06. The first kappa shape index (κ1) is 62.0. The quantitative estimate of drug-likeness (QED) is 0.0355. The van der Waals surface area contributed by atoms with Crippen LogP contribution in [0, 0.1) is 20.8 Å². The van der Waals surface area contributed by atoms with E-state index in [0.717, 1.165) is 19.3 Å². The van der Waals surface area contributed by atoms with Crippen LogP contribution in [-0.4, -0.2) is 0 Å². The Bertz CT molecular complexity index is 369. The molecule has 0 amide bonds. The van der Waals surface area contributed by atoms with Crippen LogP contribution in [0.5, 0.6) is 0 Å². The molecule has 0 saturated heterocycles. The standard InChI is InChI=1S/3C12H25.3Cd.H3O4P/c3*1-3-5-7-9-11-12-10-8-6-4-2;;;;1-5(2,3)4/h3*1,3-12H2,2H3;;;;(H3,1,2,3,4)/q3*-1;3*+2;/p-3. The van der Waals surface area contributed by atoms with Gasteiger partial charge in [-0.25, -0.2) is 0 Å². The molecule has 0 unspecified atom stereocenters. The largest absolute Gasteiger partial charge is 2.00 e. The monoisotopic (exact) mass is 944 g/mol. The van der Waals surface area contributed by atoms with E-state index in [4.69, 9.17) is 19.2 Å². The number of hydrogen-bond acceptors (Lipinski definition) is 4. The topological polar surface area (TPSA) is 86.2 Å². The number of rotatable bonds is 27. The van der Waals surface area contributed by atoms with Crippen molar-refractivity contribution >= 4 is 7.82 Å². The van der Waals surface area contributed by atoms with Crippen LogP contribution in [0.25, 0.3) is 0 Å². The van der Waals surface area contributed by atoms with Gasteiger partial charge in [0, 0.05) is 0 Å². The van der Waals surface area contributed by atoms with Gasteiger partial charge in [-0.1, -0.05) is 194 Å². The van der Waals surface area contributed by atoms with Crippen LogP contribution in [0.2, 0.25) is 0 Å². The molecule has 4 nitrogen and oxygen atoms in total. The maximum absolute atomic E-state index is 8.55. The average molecular weight is 940 g/mol. The van der Waals surface area contributed by atoms with Gasteiger partial charge in [0.25, 0.3) is 0 Å². The van der Waals surface area contributed by atoms with Gasteiger partial charge in [0.1, 0.15) is 0 Å². The molecule has 0 aromatic carbocycles. The predicted octanol–water partition coefficient (Wildman–Crippen LogP) is 11.4. The van der Waals surface area contributed by atoms with Crippen LogP contribution < -0.4 is 14.7 Å². The summed E-state index contributed by atoms with van der Waals surface area (Å²) in [5.74, 6) is 0. The zero-order valence-corrected chi connectivity index (χ0v) is 43.5. The summed E-state index contributed by atoms with van der Waals surface area (Å²) >= 11 is 0. The van der Waals surface area contributed by atoms with Gasteiger partial charge in [0.15, 0.2) is 0 Å². The van der Waals surface area contributed by atoms with Gasteiger partial charge in [-0.3, -0.25) is 0 Å². The molecule has 0 bridgehead atoms. The molecule has 0 rings (SSSR count). The molecule has 0 aromatic heterocycles. The second-order valence-electron chi connectivity index (χ2n) is 11.5. The second-order valence-corrected chi connectivity index (χ2v) is 12.4. The van der Waals surface area contributed by atoms with Crippen molar-refractivity contribution in [1.29, 1.82) is 0 Å². The molecule has 0 aliphatic rings. The number of unbranched alkanes of at least 4 members (excludes halogenated alkanes) is 27. The van der Waals surface area contributed by atoms with E-state index in [2.05, 4.69) is 41.5 Å². The summed E-state index contributed by atoms with van der Waals surface area (Å²) < 4.78 is 8.55. The van der Waals surface area contributed by atoms with Crippen molar-refractivity contribution in [1.82, 2.24) is 0 Å². The van der Waals surface area contributed by atoms with Gasteiger partial charge < -0.3 is 40.0 Å². The van der Waals surface area contributed by atoms with Gasteiger partial charge in [0.2, 0.25) is 0 Å². The Morgan fingerprint density at radius 1 is 0.341 bits per heavy atom. The van der Waals surface area contributed by atoms with Crippen molar-refractivity contribution < 1.29 is 101 Å². The minimum atomic E-state index is -5.39. The van der Waals surface area contributed by atoms with Crippen LogP contribution in [0.1, 0.15) is 213 Å². The van der Waals surface area contributed by atoms with E-state index in [9.17, 15) is 0 Å². The van der Waals surface area contributed by atoms with Crippen molar-refractivity contribution in [2.24, 2.45) is 0 Å². The zero-order valence-electron chi connectivity index (χ0n) is 30.5. The zero-order chi connectivity index (χ0) is 31.7. The molecule has 44 heavy (non-hydrogen) atoms. The van der Waals surface area contributed by atoms with Gasteiger partial charge >= 0.3 is 81.9 Å². The molecule has 254 valence electrons. The molecule has 0 N–H and O–H groups in total. The number of phosphoric acid groups is 1. The van der Waals surface area contributed by atoms with E-state index in [1.807, 2.05) is 0 Å². The predicted molar refractivity (Wildman–Crippen MR) is 179 cm³/mol. The summed E-state index contributed by atoms with van der Waals surface area (Å²) in [4.78, 5) is 25.6. The average Bonchev–Trinajstić information content (AvgIpc) is 2.93. The van der Waals surface area contributed by atoms with Crippen molar-refractivity contribution in [2.75, 3.05) is 0 Å². The van der Waals surface area contributed by atoms with Crippen molar-refractivity contribution in [3.8, 4) is 0 Å². The van der Waals surface area contributed by atoms with Crippen LogP contribution >= 0.6 is 7.82 Å². The summed E-state index contributed by atoms with van der Waals surface area (Å²) in [6, 6.07) is 0. The Morgan fingerprint density at radius 3 is 0.568 bits per heavy atom. The second kappa shape index (κ2) is 61.1. The summed E-state index contributed by atoms with van der Waals surface area (Å²) in [6.45, 7) is 18.3. The van der Waals surface area contributed by atoms with E-state index >= 15 is 0 Å². The van der Waals surface area contributed by atoms with Crippen LogP contribution in [0.4, 0.5) is 0 Å². The molecular weight excluding hydrogens is 865 g/mol. The van der Waals surface area contributed by atoms with Gasteiger partial charge in [0.05, 0.1) is 0 Å². The van der Waals surface area contributed by atoms with Crippen LogP contribution in [-0.2, 0) is 86.5 Å². The normalized spacial score (nSPS) is 9.93. The molecule has 0 radical (unpaired) electrons. The molecule has 0 fully saturated rings. The maximum atomic E-state index is 8.55. The third kappa shape index (κ3) is 96.8. The SMILES string of the molecule is O=P([O-])([O-])[O-].[CH2-]CCCCCCCCCCC.[CH2-]CCCCCCCCCCC.[CH2-]CCCCCCCCCCC.[Cd+2].[Cd+2].[Cd+2]. The van der Waals surface area contributed by atoms with E-state index in [-0.39, 0.29) is 81.9 Å². The summed E-state index contributed by atoms with van der Waals surface area (Å²) in [5.41, 5.74) is 0. The fraction of sp³-hybridized carbons (Fsp3) is 0.917. The smallest absolute Gasteiger partial charge is 0.822 e. The Morgan fingerprint density at radius 2 is 0.455 bits per heavy atom. The first-order chi connectivity index (χ1) is 19.7. The number of hydrogen-bond donors (Lipinski definition) is 0. The molecule has 0 heterocycles. The molecule has 0 aliphatic heterocycles. The van der Waals surface area contributed by atoms with Gasteiger partial charge in [-0.05, 0) is 0 Å². The van der Waals surface area contributed by atoms with Crippen LogP contribution in [0.15, 0.2) is 0 Å². The van der Waals surface area contributed by atoms with Crippen molar-refractivity contribution in [3.05, 3.63) is 20.8 Å². The van der Waals surface area contributed by atoms with Crippen molar-refractivity contribution in [2.45, 2.75) is 213 Å². The van der Waals surface area contributed by atoms with Gasteiger partial charge in [-0.2, -0.15) is 27.1 Å². The van der Waals surface area contributed by atoms with E-state index in [1.165, 1.54) is 173 Å². The Kier molecular flexibility index (Phi) is 86.2. The van der Waals surface area contributed by atoms with E-state index < -0.39 is 7.82 Å². The minimum absolute atomic E-state index is 0. The minimum Gasteiger partial charge on any atom is -0.822 e. The van der Waals surface area contributed by atoms with E-state index in [0.29, 0.717) is 0 Å². The molecule has 8 heteroatoms. The fourth-order valence-electron chi connectivity index (χ4n) is 4.46. The van der Waals surface area contributed by atoms with Crippen molar-refractivity contribution in [3.63, 3.8) is 0 Å². The first-order valence-electron chi connectivity index (χ1n) is 17.9. The molecular formula is C36H75Cd3O4P. The first-order valence-corrected chi connectivity index (χ1v) is 19.3. The summed E-state index contributed by atoms with van der Waals surface area (Å²) in [7, 11) is -5.39. The Balaban J connectivity index is -0.0000000839. The molecule has 0 atom stereocenters. The Hall–Kier alpha value is 2.88. The summed E-state index contributed by atoms with van der Waals surface area (Å²) in [5, 5.41) is 0. The van der Waals surface area contributed by atoms with Crippen LogP contribution in [0.3, 0.4) is 0 Å². The molecule has 0 spiro atoms.